The van der Waals surface area contributed by atoms with Crippen LogP contribution in [0.1, 0.15) is 0 Å². The summed E-state index contributed by atoms with van der Waals surface area (Å²) in [7, 11) is -5.12. The van der Waals surface area contributed by atoms with Gasteiger partial charge in [0.15, 0.2) is 0 Å². The van der Waals surface area contributed by atoms with E-state index < -0.39 is 24.8 Å². The molecule has 0 aliphatic rings. The van der Waals surface area contributed by atoms with Crippen molar-refractivity contribution in [3.63, 3.8) is 0 Å². The predicted molar refractivity (Wildman–Crippen MR) is 35.3 cm³/mol. The zero-order valence-corrected chi connectivity index (χ0v) is 6.79. The van der Waals surface area contributed by atoms with Gasteiger partial charge in [-0.15, -0.1) is 11.6 Å². The molecule has 0 rings (SSSR count). The van der Waals surface area contributed by atoms with Crippen molar-refractivity contribution in [1.82, 2.24) is 0 Å². The molecule has 0 saturated heterocycles. The van der Waals surface area contributed by atoms with Crippen LogP contribution in [0.25, 0.3) is 0 Å². The maximum atomic E-state index is 10.3. The molecule has 0 aromatic carbocycles. The molecular weight excluding hydrogens is 198 g/mol. The van der Waals surface area contributed by atoms with Gasteiger partial charge in [0, 0.05) is 0 Å². The monoisotopic (exact) mass is 204 g/mol. The quantitative estimate of drug-likeness (QED) is 0.353. The highest BCUT2D eigenvalue weighted by Crippen LogP contribution is 2.49. The Kier molecular flexibility index (Phi) is 3.05. The topological polar surface area (TPSA) is 115 Å². The Morgan fingerprint density at radius 3 is 1.91 bits per heavy atom. The van der Waals surface area contributed by atoms with Gasteiger partial charge < -0.3 is 20.0 Å². The van der Waals surface area contributed by atoms with Crippen molar-refractivity contribution in [2.45, 2.75) is 5.34 Å². The predicted octanol–water partition coefficient (Wildman–Crippen LogP) is -0.824. The molecule has 0 amide bonds. The number of carboxylic acids is 1. The summed E-state index contributed by atoms with van der Waals surface area (Å²) in [5.74, 6) is -3.10. The van der Waals surface area contributed by atoms with Gasteiger partial charge in [-0.2, -0.15) is 0 Å². The van der Waals surface area contributed by atoms with Crippen molar-refractivity contribution >= 4 is 25.2 Å². The molecular formula is C3H6ClO6P. The van der Waals surface area contributed by atoms with E-state index in [1.54, 1.807) is 0 Å². The molecule has 8 heteroatoms. The number of aliphatic hydroxyl groups is 1. The van der Waals surface area contributed by atoms with E-state index in [1.165, 1.54) is 0 Å². The highest BCUT2D eigenvalue weighted by atomic mass is 35.5. The Bertz CT molecular complexity index is 210. The number of hydrogen-bond donors (Lipinski definition) is 4. The molecule has 0 bridgehead atoms. The summed E-state index contributed by atoms with van der Waals surface area (Å²) >= 11 is 4.87. The van der Waals surface area contributed by atoms with Gasteiger partial charge in [-0.1, -0.05) is 0 Å². The minimum absolute atomic E-state index is 1.06. The summed E-state index contributed by atoms with van der Waals surface area (Å²) in [4.78, 5) is 26.7. The van der Waals surface area contributed by atoms with Crippen molar-refractivity contribution in [3.8, 4) is 0 Å². The van der Waals surface area contributed by atoms with Gasteiger partial charge >= 0.3 is 13.6 Å². The fourth-order valence-electron chi connectivity index (χ4n) is 0.260. The van der Waals surface area contributed by atoms with E-state index >= 15 is 0 Å². The van der Waals surface area contributed by atoms with Gasteiger partial charge in [-0.05, 0) is 0 Å². The van der Waals surface area contributed by atoms with Crippen LogP contribution in [0.15, 0.2) is 0 Å². The summed E-state index contributed by atoms with van der Waals surface area (Å²) in [6, 6.07) is 0. The van der Waals surface area contributed by atoms with Gasteiger partial charge in [0.2, 0.25) is 0 Å². The zero-order chi connectivity index (χ0) is 9.28. The molecule has 66 valence electrons. The molecule has 0 aliphatic heterocycles. The van der Waals surface area contributed by atoms with Crippen LogP contribution in [0.4, 0.5) is 0 Å². The van der Waals surface area contributed by atoms with E-state index in [2.05, 4.69) is 0 Å². The Morgan fingerprint density at radius 2 is 1.91 bits per heavy atom. The van der Waals surface area contributed by atoms with Crippen LogP contribution in [0.2, 0.25) is 0 Å². The van der Waals surface area contributed by atoms with Gasteiger partial charge in [0.05, 0.1) is 5.88 Å². The van der Waals surface area contributed by atoms with E-state index in [9.17, 15) is 9.36 Å². The van der Waals surface area contributed by atoms with Crippen molar-refractivity contribution in [1.29, 1.82) is 0 Å². The van der Waals surface area contributed by atoms with Crippen LogP contribution < -0.4 is 0 Å². The summed E-state index contributed by atoms with van der Waals surface area (Å²) in [5, 5.41) is 13.7. The van der Waals surface area contributed by atoms with Crippen LogP contribution in [0, 0.1) is 0 Å². The molecule has 0 aliphatic carbocycles. The lowest BCUT2D eigenvalue weighted by Crippen LogP contribution is -2.40. The first kappa shape index (κ1) is 10.9. The lowest BCUT2D eigenvalue weighted by Gasteiger charge is -2.20. The van der Waals surface area contributed by atoms with Gasteiger partial charge in [-0.25, -0.2) is 4.79 Å². The minimum atomic E-state index is -5.12. The maximum absolute atomic E-state index is 10.3. The number of rotatable bonds is 3. The maximum Gasteiger partial charge on any atom is 0.369 e. The lowest BCUT2D eigenvalue weighted by molar-refractivity contribution is -0.149. The van der Waals surface area contributed by atoms with Crippen molar-refractivity contribution in [2.24, 2.45) is 0 Å². The molecule has 0 radical (unpaired) electrons. The standard InChI is InChI=1S/C3H6ClO6P/c4-1-3(7,2(5)6)11(8,9)10/h7H,1H2,(H,5,6)(H2,8,9,10). The molecule has 0 spiro atoms. The summed E-state index contributed by atoms with van der Waals surface area (Å²) in [6.45, 7) is 0. The van der Waals surface area contributed by atoms with E-state index in [-0.39, 0.29) is 0 Å². The molecule has 0 saturated carbocycles. The number of aliphatic carboxylic acids is 1. The molecule has 1 atom stereocenters. The first-order valence-corrected chi connectivity index (χ1v) is 4.48. The van der Waals surface area contributed by atoms with Crippen LogP contribution in [0.5, 0.6) is 0 Å². The normalized spacial score (nSPS) is 17.5. The molecule has 0 heterocycles. The van der Waals surface area contributed by atoms with Gasteiger partial charge in [0.1, 0.15) is 0 Å². The van der Waals surface area contributed by atoms with E-state index in [1.807, 2.05) is 0 Å². The third-order valence-electron chi connectivity index (χ3n) is 1.01. The second kappa shape index (κ2) is 3.08. The van der Waals surface area contributed by atoms with Crippen LogP contribution in [0.3, 0.4) is 0 Å². The fraction of sp³-hybridized carbons (Fsp3) is 0.667. The lowest BCUT2D eigenvalue weighted by atomic mass is 10.4. The summed E-state index contributed by atoms with van der Waals surface area (Å²) < 4.78 is 10.3. The van der Waals surface area contributed by atoms with Gasteiger partial charge in [-0.3, -0.25) is 4.57 Å². The number of carboxylic acid groups (broad SMARTS) is 1. The van der Waals surface area contributed by atoms with E-state index in [0.717, 1.165) is 0 Å². The Hall–Kier alpha value is -0.130. The number of alkyl halides is 1. The molecule has 1 unspecified atom stereocenters. The highest BCUT2D eigenvalue weighted by molar-refractivity contribution is 7.54. The Labute approximate surface area is 66.6 Å². The minimum Gasteiger partial charge on any atom is -0.479 e. The van der Waals surface area contributed by atoms with Crippen molar-refractivity contribution < 1.29 is 29.4 Å². The second-order valence-electron chi connectivity index (χ2n) is 1.80. The molecule has 4 N–H and O–H groups in total. The SMILES string of the molecule is O=C(O)C(O)(CCl)P(=O)(O)O. The molecule has 11 heavy (non-hydrogen) atoms. The van der Waals surface area contributed by atoms with Gasteiger partial charge in [0.25, 0.3) is 5.34 Å². The Morgan fingerprint density at radius 1 is 1.55 bits per heavy atom. The Balaban J connectivity index is 4.92. The highest BCUT2D eigenvalue weighted by Gasteiger charge is 2.52. The largest absolute Gasteiger partial charge is 0.479 e. The smallest absolute Gasteiger partial charge is 0.369 e. The average Bonchev–Trinajstić information content (AvgIpc) is 1.83. The molecule has 0 aromatic rings. The van der Waals surface area contributed by atoms with E-state index in [4.69, 9.17) is 31.6 Å². The molecule has 0 fully saturated rings. The van der Waals surface area contributed by atoms with Crippen LogP contribution in [-0.2, 0) is 9.36 Å². The number of carbonyl (C=O) groups is 1. The van der Waals surface area contributed by atoms with Crippen LogP contribution in [-0.4, -0.2) is 37.2 Å². The van der Waals surface area contributed by atoms with Crippen molar-refractivity contribution in [2.75, 3.05) is 5.88 Å². The average molecular weight is 205 g/mol. The summed E-state index contributed by atoms with van der Waals surface area (Å²) in [5.41, 5.74) is 0. The van der Waals surface area contributed by atoms with Crippen molar-refractivity contribution in [3.05, 3.63) is 0 Å². The molecule has 0 aromatic heterocycles. The molecule has 6 nitrogen and oxygen atoms in total. The zero-order valence-electron chi connectivity index (χ0n) is 5.14. The first-order chi connectivity index (χ1) is 4.75. The van der Waals surface area contributed by atoms with Crippen LogP contribution >= 0.6 is 19.2 Å². The third-order valence-corrected chi connectivity index (χ3v) is 2.90. The summed E-state index contributed by atoms with van der Waals surface area (Å²) in [6.07, 6.45) is 0. The number of hydrogen-bond acceptors (Lipinski definition) is 3. The third kappa shape index (κ3) is 1.91. The van der Waals surface area contributed by atoms with E-state index in [0.29, 0.717) is 0 Å². The first-order valence-electron chi connectivity index (χ1n) is 2.33. The second-order valence-corrected chi connectivity index (χ2v) is 3.89. The number of halogens is 1. The fourth-order valence-corrected chi connectivity index (χ4v) is 1.25.